The lowest BCUT2D eigenvalue weighted by Gasteiger charge is -2.17. The fourth-order valence-corrected chi connectivity index (χ4v) is 2.57. The number of hydrogen-bond donors (Lipinski definition) is 0. The van der Waals surface area contributed by atoms with Crippen molar-refractivity contribution >= 4 is 29.4 Å². The topological polar surface area (TPSA) is 77.5 Å². The van der Waals surface area contributed by atoms with Crippen LogP contribution in [-0.4, -0.2) is 29.2 Å². The van der Waals surface area contributed by atoms with E-state index in [1.54, 1.807) is 6.08 Å². The Balaban J connectivity index is 2.11. The molecule has 0 aromatic heterocycles. The molecular weight excluding hydrogens is 246 g/mol. The van der Waals surface area contributed by atoms with Crippen LogP contribution < -0.4 is 5.11 Å². The molecule has 5 nitrogen and oxygen atoms in total. The lowest BCUT2D eigenvalue weighted by Crippen LogP contribution is -2.35. The fraction of sp³-hybridized carbons (Fsp3) is 0.545. The summed E-state index contributed by atoms with van der Waals surface area (Å²) in [5, 5.41) is 10.9. The summed E-state index contributed by atoms with van der Waals surface area (Å²) in [5.74, 6) is -2.65. The molecule has 0 radical (unpaired) electrons. The van der Waals surface area contributed by atoms with Crippen LogP contribution in [0.15, 0.2) is 11.1 Å². The number of nitrogens with zero attached hydrogens (tertiary/aromatic N) is 1. The van der Waals surface area contributed by atoms with Crippen LogP contribution in [0.1, 0.15) is 19.3 Å². The standard InChI is InChI=1S/C11H12ClNO4/c12-6-1-2-7-8(5-6)11(17)13(10(7)16)4-3-9(14)15/h1,7-8H,2-5H2,(H,14,15)/p-1. The van der Waals surface area contributed by atoms with Gasteiger partial charge in [0.15, 0.2) is 0 Å². The number of amides is 2. The van der Waals surface area contributed by atoms with Crippen LogP contribution in [0.5, 0.6) is 0 Å². The van der Waals surface area contributed by atoms with Gasteiger partial charge in [-0.15, -0.1) is 0 Å². The van der Waals surface area contributed by atoms with Gasteiger partial charge in [-0.2, -0.15) is 0 Å². The van der Waals surface area contributed by atoms with Gasteiger partial charge in [-0.3, -0.25) is 14.5 Å². The molecule has 2 rings (SSSR count). The van der Waals surface area contributed by atoms with Crippen LogP contribution in [0.25, 0.3) is 0 Å². The molecule has 0 N–H and O–H groups in total. The Morgan fingerprint density at radius 2 is 2.06 bits per heavy atom. The second-order valence-electron chi connectivity index (χ2n) is 4.25. The van der Waals surface area contributed by atoms with E-state index < -0.39 is 11.9 Å². The highest BCUT2D eigenvalue weighted by Gasteiger charge is 2.47. The first-order valence-electron chi connectivity index (χ1n) is 5.40. The lowest BCUT2D eigenvalue weighted by atomic mass is 9.85. The molecule has 1 aliphatic carbocycles. The minimum Gasteiger partial charge on any atom is -0.550 e. The average molecular weight is 257 g/mol. The van der Waals surface area contributed by atoms with Crippen molar-refractivity contribution < 1.29 is 19.5 Å². The van der Waals surface area contributed by atoms with Crippen LogP contribution >= 0.6 is 11.6 Å². The first kappa shape index (κ1) is 12.1. The summed E-state index contributed by atoms with van der Waals surface area (Å²) in [7, 11) is 0. The SMILES string of the molecule is O=C([O-])CCN1C(=O)C2CC=C(Cl)CC2C1=O. The summed E-state index contributed by atoms with van der Waals surface area (Å²) in [5.41, 5.74) is 0. The maximum atomic E-state index is 11.9. The number of allylic oxidation sites excluding steroid dienone is 2. The maximum absolute atomic E-state index is 11.9. The van der Waals surface area contributed by atoms with Gasteiger partial charge in [0.2, 0.25) is 11.8 Å². The van der Waals surface area contributed by atoms with Gasteiger partial charge in [-0.1, -0.05) is 17.7 Å². The average Bonchev–Trinajstić information content (AvgIpc) is 2.49. The van der Waals surface area contributed by atoms with Gasteiger partial charge in [0.25, 0.3) is 0 Å². The Labute approximate surface area is 103 Å². The summed E-state index contributed by atoms with van der Waals surface area (Å²) in [6.45, 7) is -0.107. The number of carboxylic acids is 1. The molecule has 0 saturated carbocycles. The molecule has 0 aromatic carbocycles. The quantitative estimate of drug-likeness (QED) is 0.647. The number of carboxylic acid groups (broad SMARTS) is 1. The van der Waals surface area contributed by atoms with Gasteiger partial charge in [-0.05, 0) is 12.8 Å². The van der Waals surface area contributed by atoms with E-state index >= 15 is 0 Å². The van der Waals surface area contributed by atoms with Crippen molar-refractivity contribution in [1.82, 2.24) is 4.90 Å². The van der Waals surface area contributed by atoms with Crippen molar-refractivity contribution in [3.8, 4) is 0 Å². The number of rotatable bonds is 3. The van der Waals surface area contributed by atoms with Gasteiger partial charge in [0.05, 0.1) is 11.8 Å². The van der Waals surface area contributed by atoms with Crippen molar-refractivity contribution in [2.45, 2.75) is 19.3 Å². The molecule has 1 heterocycles. The molecule has 92 valence electrons. The van der Waals surface area contributed by atoms with Crippen LogP contribution in [-0.2, 0) is 14.4 Å². The zero-order valence-electron chi connectivity index (χ0n) is 9.02. The molecular formula is C11H11ClNO4-. The maximum Gasteiger partial charge on any atom is 0.233 e. The van der Waals surface area contributed by atoms with Crippen LogP contribution in [0.2, 0.25) is 0 Å². The molecule has 6 heteroatoms. The number of likely N-dealkylation sites (tertiary alicyclic amines) is 1. The molecule has 2 unspecified atom stereocenters. The predicted molar refractivity (Wildman–Crippen MR) is 56.5 cm³/mol. The summed E-state index contributed by atoms with van der Waals surface area (Å²) in [4.78, 5) is 35.2. The molecule has 1 saturated heterocycles. The molecule has 2 atom stereocenters. The molecule has 2 aliphatic rings. The van der Waals surface area contributed by atoms with Crippen molar-refractivity contribution in [1.29, 1.82) is 0 Å². The van der Waals surface area contributed by atoms with E-state index in [0.29, 0.717) is 17.9 Å². The molecule has 0 bridgehead atoms. The Hall–Kier alpha value is -1.36. The highest BCUT2D eigenvalue weighted by atomic mass is 35.5. The number of carbonyl (C=O) groups is 3. The summed E-state index contributed by atoms with van der Waals surface area (Å²) in [6.07, 6.45) is 2.25. The number of carbonyl (C=O) groups excluding carboxylic acids is 3. The molecule has 2 amide bonds. The van der Waals surface area contributed by atoms with Crippen LogP contribution in [0.4, 0.5) is 0 Å². The van der Waals surface area contributed by atoms with Crippen molar-refractivity contribution in [2.75, 3.05) is 6.54 Å². The van der Waals surface area contributed by atoms with E-state index in [4.69, 9.17) is 11.6 Å². The second kappa shape index (κ2) is 4.49. The first-order valence-corrected chi connectivity index (χ1v) is 5.78. The van der Waals surface area contributed by atoms with Gasteiger partial charge >= 0.3 is 0 Å². The molecule has 17 heavy (non-hydrogen) atoms. The third kappa shape index (κ3) is 2.20. The van der Waals surface area contributed by atoms with Gasteiger partial charge in [-0.25, -0.2) is 0 Å². The number of imide groups is 1. The zero-order chi connectivity index (χ0) is 12.6. The van der Waals surface area contributed by atoms with Crippen LogP contribution in [0.3, 0.4) is 0 Å². The van der Waals surface area contributed by atoms with Gasteiger partial charge in [0.1, 0.15) is 0 Å². The summed E-state index contributed by atoms with van der Waals surface area (Å²) >= 11 is 5.85. The largest absolute Gasteiger partial charge is 0.550 e. The minimum absolute atomic E-state index is 0.107. The van der Waals surface area contributed by atoms with E-state index in [9.17, 15) is 19.5 Å². The monoisotopic (exact) mass is 256 g/mol. The minimum atomic E-state index is -1.27. The van der Waals surface area contributed by atoms with Crippen molar-refractivity contribution in [3.05, 3.63) is 11.1 Å². The summed E-state index contributed by atoms with van der Waals surface area (Å²) < 4.78 is 0. The Kier molecular flexibility index (Phi) is 3.19. The van der Waals surface area contributed by atoms with E-state index in [1.165, 1.54) is 0 Å². The number of halogens is 1. The van der Waals surface area contributed by atoms with Crippen molar-refractivity contribution in [3.63, 3.8) is 0 Å². The number of fused-ring (bicyclic) bond motifs is 1. The Bertz CT molecular complexity index is 418. The smallest absolute Gasteiger partial charge is 0.233 e. The molecule has 1 fully saturated rings. The first-order chi connectivity index (χ1) is 8.00. The molecule has 1 aliphatic heterocycles. The zero-order valence-corrected chi connectivity index (χ0v) is 9.77. The highest BCUT2D eigenvalue weighted by Crippen LogP contribution is 2.38. The fourth-order valence-electron chi connectivity index (χ4n) is 2.32. The van der Waals surface area contributed by atoms with Gasteiger partial charge < -0.3 is 9.90 Å². The van der Waals surface area contributed by atoms with E-state index in [0.717, 1.165) is 4.90 Å². The van der Waals surface area contributed by atoms with E-state index in [1.807, 2.05) is 0 Å². The van der Waals surface area contributed by atoms with Gasteiger partial charge in [0, 0.05) is 24.0 Å². The molecule has 0 aromatic rings. The second-order valence-corrected chi connectivity index (χ2v) is 4.74. The third-order valence-electron chi connectivity index (χ3n) is 3.20. The predicted octanol–water partition coefficient (Wildman–Crippen LogP) is -0.356. The normalized spacial score (nSPS) is 28.1. The van der Waals surface area contributed by atoms with E-state index in [2.05, 4.69) is 0 Å². The summed E-state index contributed by atoms with van der Waals surface area (Å²) in [6, 6.07) is 0. The van der Waals surface area contributed by atoms with Crippen molar-refractivity contribution in [2.24, 2.45) is 11.8 Å². The van der Waals surface area contributed by atoms with E-state index in [-0.39, 0.29) is 30.7 Å². The highest BCUT2D eigenvalue weighted by molar-refractivity contribution is 6.30. The third-order valence-corrected chi connectivity index (χ3v) is 3.51. The Morgan fingerprint density at radius 1 is 1.41 bits per heavy atom. The van der Waals surface area contributed by atoms with Crippen LogP contribution in [0, 0.1) is 11.8 Å². The molecule has 0 spiro atoms. The lowest BCUT2D eigenvalue weighted by molar-refractivity contribution is -0.305. The number of hydrogen-bond acceptors (Lipinski definition) is 4. The number of aliphatic carboxylic acids is 1. The Morgan fingerprint density at radius 3 is 2.71 bits per heavy atom.